The van der Waals surface area contributed by atoms with E-state index in [9.17, 15) is 14.4 Å². The number of aliphatic hydroxyl groups excluding tert-OH is 1. The second-order valence-corrected chi connectivity index (χ2v) is 5.45. The van der Waals surface area contributed by atoms with Crippen molar-refractivity contribution in [2.45, 2.75) is 18.4 Å². The van der Waals surface area contributed by atoms with Gasteiger partial charge in [-0.05, 0) is 24.1 Å². The van der Waals surface area contributed by atoms with Crippen LogP contribution in [0, 0.1) is 0 Å². The van der Waals surface area contributed by atoms with Crippen molar-refractivity contribution in [3.63, 3.8) is 0 Å². The van der Waals surface area contributed by atoms with Crippen molar-refractivity contribution in [2.75, 3.05) is 25.5 Å². The predicted octanol–water partition coefficient (Wildman–Crippen LogP) is 0.550. The lowest BCUT2D eigenvalue weighted by Gasteiger charge is -2.20. The molecule has 8 heteroatoms. The summed E-state index contributed by atoms with van der Waals surface area (Å²) < 4.78 is 5.38. The Morgan fingerprint density at radius 3 is 2.91 bits per heavy atom. The lowest BCUT2D eigenvalue weighted by molar-refractivity contribution is -0.137. The van der Waals surface area contributed by atoms with Crippen LogP contribution in [0.5, 0.6) is 0 Å². The molecule has 1 spiro atoms. The maximum atomic E-state index is 12.6. The third-order valence-corrected chi connectivity index (χ3v) is 4.17. The van der Waals surface area contributed by atoms with Crippen LogP contribution in [0.2, 0.25) is 0 Å². The van der Waals surface area contributed by atoms with E-state index in [0.717, 1.165) is 10.5 Å². The number of benzene rings is 1. The molecule has 0 radical (unpaired) electrons. The number of aryl methyl sites for hydroxylation is 1. The number of fused-ring (bicyclic) bond motifs is 2. The smallest absolute Gasteiger partial charge is 0.418 e. The Labute approximate surface area is 132 Å². The third-order valence-electron chi connectivity index (χ3n) is 4.17. The standard InChI is InChI=1S/C15H17N3O5/c1-16-13(21)17-10-2-3-11-9(8-10)4-5-15(11)12(20)18(6-7-19)14(22)23-15/h2-3,8,19H,4-7H2,1H3,(H2,16,17,21)/t15-/m1/s1. The van der Waals surface area contributed by atoms with E-state index in [1.165, 1.54) is 7.05 Å². The van der Waals surface area contributed by atoms with Crippen molar-refractivity contribution in [3.8, 4) is 0 Å². The van der Waals surface area contributed by atoms with E-state index < -0.39 is 17.6 Å². The molecule has 1 aromatic rings. The van der Waals surface area contributed by atoms with Gasteiger partial charge in [-0.2, -0.15) is 0 Å². The first-order valence-corrected chi connectivity index (χ1v) is 7.30. The highest BCUT2D eigenvalue weighted by Crippen LogP contribution is 2.45. The summed E-state index contributed by atoms with van der Waals surface area (Å²) in [4.78, 5) is 36.8. The molecule has 3 rings (SSSR count). The molecule has 4 amide bonds. The number of β-amino-alcohol motifs (C(OH)–C–C–N with tert-alkyl or cyclic N) is 1. The highest BCUT2D eigenvalue weighted by atomic mass is 16.6. The molecule has 1 saturated heterocycles. The van der Waals surface area contributed by atoms with Crippen molar-refractivity contribution >= 4 is 23.7 Å². The van der Waals surface area contributed by atoms with Gasteiger partial charge in [0.2, 0.25) is 5.60 Å². The second kappa shape index (κ2) is 5.54. The molecular formula is C15H17N3O5. The SMILES string of the molecule is CNC(=O)Nc1ccc2c(c1)CC[C@@]21OC(=O)N(CCO)C1=O. The second-order valence-electron chi connectivity index (χ2n) is 5.45. The fourth-order valence-corrected chi connectivity index (χ4v) is 3.08. The number of hydrogen-bond acceptors (Lipinski definition) is 5. The molecule has 0 aromatic heterocycles. The van der Waals surface area contributed by atoms with E-state index in [1.807, 2.05) is 0 Å². The fraction of sp³-hybridized carbons (Fsp3) is 0.400. The van der Waals surface area contributed by atoms with Crippen LogP contribution in [0.4, 0.5) is 15.3 Å². The van der Waals surface area contributed by atoms with Gasteiger partial charge in [0.15, 0.2) is 0 Å². The average Bonchev–Trinajstić information content (AvgIpc) is 3.01. The molecule has 1 atom stereocenters. The zero-order chi connectivity index (χ0) is 16.6. The van der Waals surface area contributed by atoms with Crippen LogP contribution in [0.25, 0.3) is 0 Å². The van der Waals surface area contributed by atoms with Crippen LogP contribution in [0.3, 0.4) is 0 Å². The molecule has 1 aliphatic carbocycles. The van der Waals surface area contributed by atoms with Crippen molar-refractivity contribution in [1.82, 2.24) is 10.2 Å². The molecule has 23 heavy (non-hydrogen) atoms. The number of amides is 4. The Balaban J connectivity index is 1.92. The Bertz CT molecular complexity index is 690. The average molecular weight is 319 g/mol. The molecule has 0 bridgehead atoms. The van der Waals surface area contributed by atoms with Crippen LogP contribution >= 0.6 is 0 Å². The molecule has 1 aliphatic heterocycles. The van der Waals surface area contributed by atoms with Gasteiger partial charge in [0, 0.05) is 24.7 Å². The highest BCUT2D eigenvalue weighted by Gasteiger charge is 2.57. The van der Waals surface area contributed by atoms with Gasteiger partial charge >= 0.3 is 12.1 Å². The van der Waals surface area contributed by atoms with Crippen LogP contribution in [-0.4, -0.2) is 48.2 Å². The predicted molar refractivity (Wildman–Crippen MR) is 79.8 cm³/mol. The first-order valence-electron chi connectivity index (χ1n) is 7.30. The Kier molecular flexibility index (Phi) is 3.69. The van der Waals surface area contributed by atoms with Gasteiger partial charge in [-0.25, -0.2) is 14.5 Å². The summed E-state index contributed by atoms with van der Waals surface area (Å²) in [5.41, 5.74) is 0.793. The monoisotopic (exact) mass is 319 g/mol. The Morgan fingerprint density at radius 1 is 1.43 bits per heavy atom. The molecule has 2 aliphatic rings. The first-order chi connectivity index (χ1) is 11.0. The minimum Gasteiger partial charge on any atom is -0.427 e. The van der Waals surface area contributed by atoms with Crippen molar-refractivity contribution in [1.29, 1.82) is 0 Å². The van der Waals surface area contributed by atoms with E-state index in [0.29, 0.717) is 24.1 Å². The number of nitrogens with zero attached hydrogens (tertiary/aromatic N) is 1. The van der Waals surface area contributed by atoms with E-state index in [1.54, 1.807) is 18.2 Å². The number of carbonyl (C=O) groups excluding carboxylic acids is 3. The lowest BCUT2D eigenvalue weighted by Crippen LogP contribution is -2.38. The van der Waals surface area contributed by atoms with Crippen molar-refractivity contribution in [3.05, 3.63) is 29.3 Å². The van der Waals surface area contributed by atoms with Gasteiger partial charge in [0.05, 0.1) is 13.2 Å². The van der Waals surface area contributed by atoms with E-state index in [4.69, 9.17) is 9.84 Å². The zero-order valence-corrected chi connectivity index (χ0v) is 12.6. The summed E-state index contributed by atoms with van der Waals surface area (Å²) >= 11 is 0. The molecular weight excluding hydrogens is 302 g/mol. The fourth-order valence-electron chi connectivity index (χ4n) is 3.08. The summed E-state index contributed by atoms with van der Waals surface area (Å²) in [7, 11) is 1.52. The molecule has 1 heterocycles. The maximum Gasteiger partial charge on any atom is 0.418 e. The van der Waals surface area contributed by atoms with Gasteiger partial charge in [-0.1, -0.05) is 6.07 Å². The number of nitrogens with one attached hydrogen (secondary N) is 2. The van der Waals surface area contributed by atoms with Crippen LogP contribution in [-0.2, 0) is 21.6 Å². The minimum absolute atomic E-state index is 0.0783. The van der Waals surface area contributed by atoms with E-state index in [-0.39, 0.29) is 19.2 Å². The summed E-state index contributed by atoms with van der Waals surface area (Å²) in [5.74, 6) is -0.442. The number of hydrogen-bond donors (Lipinski definition) is 3. The molecule has 3 N–H and O–H groups in total. The Morgan fingerprint density at radius 2 is 2.22 bits per heavy atom. The number of imide groups is 1. The van der Waals surface area contributed by atoms with Gasteiger partial charge < -0.3 is 20.5 Å². The van der Waals surface area contributed by atoms with Crippen molar-refractivity contribution in [2.24, 2.45) is 0 Å². The van der Waals surface area contributed by atoms with Gasteiger partial charge in [0.25, 0.3) is 5.91 Å². The first kappa shape index (κ1) is 15.3. The van der Waals surface area contributed by atoms with Crippen molar-refractivity contribution < 1.29 is 24.2 Å². The topological polar surface area (TPSA) is 108 Å². The Hall–Kier alpha value is -2.61. The van der Waals surface area contributed by atoms with Gasteiger partial charge in [-0.15, -0.1) is 0 Å². The summed E-state index contributed by atoms with van der Waals surface area (Å²) in [6.07, 6.45) is 0.188. The van der Waals surface area contributed by atoms with Crippen LogP contribution in [0.1, 0.15) is 17.5 Å². The molecule has 1 aromatic carbocycles. The molecule has 8 nitrogen and oxygen atoms in total. The summed E-state index contributed by atoms with van der Waals surface area (Å²) in [6, 6.07) is 4.79. The quantitative estimate of drug-likeness (QED) is 0.754. The largest absolute Gasteiger partial charge is 0.427 e. The lowest BCUT2D eigenvalue weighted by atomic mass is 9.94. The number of urea groups is 1. The van der Waals surface area contributed by atoms with Crippen LogP contribution in [0.15, 0.2) is 18.2 Å². The number of rotatable bonds is 3. The number of aliphatic hydroxyl groups is 1. The molecule has 1 fully saturated rings. The maximum absolute atomic E-state index is 12.6. The van der Waals surface area contributed by atoms with E-state index in [2.05, 4.69) is 10.6 Å². The number of carbonyl (C=O) groups is 3. The molecule has 0 unspecified atom stereocenters. The minimum atomic E-state index is -1.30. The number of ether oxygens (including phenoxy) is 1. The zero-order valence-electron chi connectivity index (χ0n) is 12.6. The third kappa shape index (κ3) is 2.31. The molecule has 122 valence electrons. The summed E-state index contributed by atoms with van der Waals surface area (Å²) in [5, 5.41) is 14.1. The van der Waals surface area contributed by atoms with Crippen LogP contribution < -0.4 is 10.6 Å². The number of anilines is 1. The van der Waals surface area contributed by atoms with Gasteiger partial charge in [0.1, 0.15) is 0 Å². The van der Waals surface area contributed by atoms with Gasteiger partial charge in [-0.3, -0.25) is 4.79 Å². The molecule has 0 saturated carbocycles. The van der Waals surface area contributed by atoms with E-state index >= 15 is 0 Å². The normalized spacial score (nSPS) is 22.3. The highest BCUT2D eigenvalue weighted by molar-refractivity contribution is 6.04. The summed E-state index contributed by atoms with van der Waals surface area (Å²) in [6.45, 7) is -0.385.